The standard InChI is InChI=1S/C23H19N3O3/c1-15-11-12-20-24-21(16-7-3-2-4-8-16)22(26(20)13-15)25-23(27)19-14-28-17-9-5-6-10-18(17)29-19/h2-13,19H,14H2,1H3,(H,25,27). The molecule has 3 heterocycles. The third-order valence-electron chi connectivity index (χ3n) is 4.86. The van der Waals surface area contributed by atoms with Crippen molar-refractivity contribution in [3.8, 4) is 22.8 Å². The monoisotopic (exact) mass is 385 g/mol. The molecular formula is C23H19N3O3. The molecule has 5 rings (SSSR count). The van der Waals surface area contributed by atoms with E-state index in [-0.39, 0.29) is 12.5 Å². The van der Waals surface area contributed by atoms with E-state index in [0.717, 1.165) is 16.8 Å². The van der Waals surface area contributed by atoms with Crippen molar-refractivity contribution < 1.29 is 14.3 Å². The average molecular weight is 385 g/mol. The number of imidazole rings is 1. The molecule has 0 saturated heterocycles. The second kappa shape index (κ2) is 6.98. The highest BCUT2D eigenvalue weighted by Crippen LogP contribution is 2.32. The largest absolute Gasteiger partial charge is 0.485 e. The zero-order valence-corrected chi connectivity index (χ0v) is 15.8. The summed E-state index contributed by atoms with van der Waals surface area (Å²) in [5.74, 6) is 1.55. The fraction of sp³-hybridized carbons (Fsp3) is 0.130. The summed E-state index contributed by atoms with van der Waals surface area (Å²) in [6, 6.07) is 21.1. The van der Waals surface area contributed by atoms with Gasteiger partial charge in [-0.2, -0.15) is 0 Å². The molecule has 2 aromatic carbocycles. The lowest BCUT2D eigenvalue weighted by molar-refractivity contribution is -0.125. The quantitative estimate of drug-likeness (QED) is 0.577. The van der Waals surface area contributed by atoms with E-state index in [4.69, 9.17) is 14.5 Å². The fourth-order valence-corrected chi connectivity index (χ4v) is 3.41. The van der Waals surface area contributed by atoms with Crippen molar-refractivity contribution in [1.29, 1.82) is 0 Å². The number of nitrogens with zero attached hydrogens (tertiary/aromatic N) is 2. The number of para-hydroxylation sites is 2. The van der Waals surface area contributed by atoms with Crippen LogP contribution >= 0.6 is 0 Å². The first-order chi connectivity index (χ1) is 14.2. The molecule has 0 aliphatic carbocycles. The van der Waals surface area contributed by atoms with Gasteiger partial charge in [-0.3, -0.25) is 9.20 Å². The second-order valence-corrected chi connectivity index (χ2v) is 6.96. The topological polar surface area (TPSA) is 64.9 Å². The maximum absolute atomic E-state index is 13.0. The molecule has 0 spiro atoms. The zero-order chi connectivity index (χ0) is 19.8. The molecule has 1 aliphatic rings. The lowest BCUT2D eigenvalue weighted by Crippen LogP contribution is -2.40. The van der Waals surface area contributed by atoms with Gasteiger partial charge >= 0.3 is 0 Å². The second-order valence-electron chi connectivity index (χ2n) is 6.96. The molecule has 4 aromatic rings. The van der Waals surface area contributed by atoms with Gasteiger partial charge in [-0.15, -0.1) is 0 Å². The first-order valence-electron chi connectivity index (χ1n) is 9.42. The smallest absolute Gasteiger partial charge is 0.270 e. The maximum Gasteiger partial charge on any atom is 0.270 e. The Kier molecular flexibility index (Phi) is 4.17. The number of carbonyl (C=O) groups excluding carboxylic acids is 1. The number of carbonyl (C=O) groups is 1. The van der Waals surface area contributed by atoms with Crippen LogP contribution in [0.4, 0.5) is 5.82 Å². The predicted molar refractivity (Wildman–Crippen MR) is 110 cm³/mol. The first-order valence-corrected chi connectivity index (χ1v) is 9.42. The van der Waals surface area contributed by atoms with Crippen LogP contribution in [0.15, 0.2) is 72.9 Å². The van der Waals surface area contributed by atoms with Crippen LogP contribution in [-0.4, -0.2) is 28.0 Å². The van der Waals surface area contributed by atoms with Gasteiger partial charge in [0, 0.05) is 11.8 Å². The number of hydrogen-bond donors (Lipinski definition) is 1. The van der Waals surface area contributed by atoms with Crippen molar-refractivity contribution >= 4 is 17.4 Å². The summed E-state index contributed by atoms with van der Waals surface area (Å²) in [5.41, 5.74) is 3.46. The van der Waals surface area contributed by atoms with Crippen molar-refractivity contribution in [2.75, 3.05) is 11.9 Å². The summed E-state index contributed by atoms with van der Waals surface area (Å²) in [6.45, 7) is 2.15. The molecule has 29 heavy (non-hydrogen) atoms. The number of aromatic nitrogens is 2. The van der Waals surface area contributed by atoms with Crippen LogP contribution in [0.2, 0.25) is 0 Å². The van der Waals surface area contributed by atoms with Gasteiger partial charge in [0.2, 0.25) is 6.10 Å². The molecule has 6 heteroatoms. The van der Waals surface area contributed by atoms with E-state index in [1.807, 2.05) is 78.2 Å². The molecule has 0 radical (unpaired) electrons. The number of hydrogen-bond acceptors (Lipinski definition) is 4. The number of pyridine rings is 1. The molecule has 6 nitrogen and oxygen atoms in total. The molecule has 1 unspecified atom stereocenters. The van der Waals surface area contributed by atoms with E-state index in [0.29, 0.717) is 23.0 Å². The molecule has 0 bridgehead atoms. The van der Waals surface area contributed by atoms with Crippen molar-refractivity contribution in [2.45, 2.75) is 13.0 Å². The number of anilines is 1. The van der Waals surface area contributed by atoms with Crippen molar-refractivity contribution in [3.63, 3.8) is 0 Å². The molecule has 144 valence electrons. The van der Waals surface area contributed by atoms with Gasteiger partial charge in [-0.25, -0.2) is 4.98 Å². The van der Waals surface area contributed by atoms with Crippen LogP contribution in [0.5, 0.6) is 11.5 Å². The van der Waals surface area contributed by atoms with Crippen LogP contribution in [0.25, 0.3) is 16.9 Å². The highest BCUT2D eigenvalue weighted by Gasteiger charge is 2.29. The molecule has 0 saturated carbocycles. The summed E-state index contributed by atoms with van der Waals surface area (Å²) in [6.07, 6.45) is 1.21. The number of fused-ring (bicyclic) bond motifs is 2. The molecule has 2 aromatic heterocycles. The van der Waals surface area contributed by atoms with E-state index in [1.165, 1.54) is 0 Å². The van der Waals surface area contributed by atoms with Gasteiger partial charge in [0.15, 0.2) is 11.5 Å². The van der Waals surface area contributed by atoms with Crippen LogP contribution < -0.4 is 14.8 Å². The Hall–Kier alpha value is -3.80. The fourth-order valence-electron chi connectivity index (χ4n) is 3.41. The Morgan fingerprint density at radius 3 is 2.62 bits per heavy atom. The molecule has 1 amide bonds. The summed E-state index contributed by atoms with van der Waals surface area (Å²) >= 11 is 0. The molecule has 1 aliphatic heterocycles. The van der Waals surface area contributed by atoms with Crippen molar-refractivity contribution in [3.05, 3.63) is 78.5 Å². The summed E-state index contributed by atoms with van der Waals surface area (Å²) in [4.78, 5) is 17.8. The molecule has 1 N–H and O–H groups in total. The zero-order valence-electron chi connectivity index (χ0n) is 15.8. The number of aryl methyl sites for hydroxylation is 1. The predicted octanol–water partition coefficient (Wildman–Crippen LogP) is 4.09. The minimum atomic E-state index is -0.746. The lowest BCUT2D eigenvalue weighted by Gasteiger charge is -2.25. The number of benzene rings is 2. The third kappa shape index (κ3) is 3.18. The Morgan fingerprint density at radius 2 is 1.79 bits per heavy atom. The molecule has 0 fully saturated rings. The minimum absolute atomic E-state index is 0.152. The number of nitrogens with one attached hydrogen (secondary N) is 1. The SMILES string of the molecule is Cc1ccc2nc(-c3ccccc3)c(NC(=O)C3COc4ccccc4O3)n2c1. The van der Waals surface area contributed by atoms with Crippen LogP contribution in [-0.2, 0) is 4.79 Å². The average Bonchev–Trinajstić information content (AvgIpc) is 3.11. The van der Waals surface area contributed by atoms with Gasteiger partial charge in [0.05, 0.1) is 0 Å². The van der Waals surface area contributed by atoms with Gasteiger partial charge in [0.25, 0.3) is 5.91 Å². The maximum atomic E-state index is 13.0. The Balaban J connectivity index is 1.51. The highest BCUT2D eigenvalue weighted by molar-refractivity contribution is 5.97. The number of rotatable bonds is 3. The number of ether oxygens (including phenoxy) is 2. The van der Waals surface area contributed by atoms with E-state index < -0.39 is 6.10 Å². The lowest BCUT2D eigenvalue weighted by atomic mass is 10.1. The highest BCUT2D eigenvalue weighted by atomic mass is 16.6. The van der Waals surface area contributed by atoms with Gasteiger partial charge in [-0.05, 0) is 30.7 Å². The Morgan fingerprint density at radius 1 is 1.03 bits per heavy atom. The van der Waals surface area contributed by atoms with Crippen LogP contribution in [0, 0.1) is 6.92 Å². The summed E-state index contributed by atoms with van der Waals surface area (Å²) < 4.78 is 13.4. The van der Waals surface area contributed by atoms with E-state index >= 15 is 0 Å². The molecular weight excluding hydrogens is 366 g/mol. The van der Waals surface area contributed by atoms with E-state index in [2.05, 4.69) is 5.32 Å². The summed E-state index contributed by atoms with van der Waals surface area (Å²) in [7, 11) is 0. The normalized spacial score (nSPS) is 15.3. The van der Waals surface area contributed by atoms with E-state index in [1.54, 1.807) is 6.07 Å². The van der Waals surface area contributed by atoms with Gasteiger partial charge in [-0.1, -0.05) is 48.5 Å². The minimum Gasteiger partial charge on any atom is -0.485 e. The summed E-state index contributed by atoms with van der Waals surface area (Å²) in [5, 5.41) is 3.02. The Bertz CT molecular complexity index is 1200. The number of amides is 1. The van der Waals surface area contributed by atoms with E-state index in [9.17, 15) is 4.79 Å². The van der Waals surface area contributed by atoms with Gasteiger partial charge < -0.3 is 14.8 Å². The van der Waals surface area contributed by atoms with Gasteiger partial charge in [0.1, 0.15) is 23.8 Å². The van der Waals surface area contributed by atoms with Crippen LogP contribution in [0.3, 0.4) is 0 Å². The Labute approximate surface area is 167 Å². The van der Waals surface area contributed by atoms with Crippen molar-refractivity contribution in [1.82, 2.24) is 9.38 Å². The third-order valence-corrected chi connectivity index (χ3v) is 4.86. The first kappa shape index (κ1) is 17.3. The van der Waals surface area contributed by atoms with Crippen LogP contribution in [0.1, 0.15) is 5.56 Å². The van der Waals surface area contributed by atoms with Crippen molar-refractivity contribution in [2.24, 2.45) is 0 Å². The molecule has 1 atom stereocenters.